The van der Waals surface area contributed by atoms with Gasteiger partial charge in [-0.3, -0.25) is 14.6 Å². The molecule has 0 unspecified atom stereocenters. The average molecular weight is 360 g/mol. The fourth-order valence-electron chi connectivity index (χ4n) is 3.27. The van der Waals surface area contributed by atoms with E-state index in [1.807, 2.05) is 0 Å². The molecular formula is C15H16N6O3S. The molecule has 0 saturated carbocycles. The zero-order valence-electron chi connectivity index (χ0n) is 13.2. The topological polar surface area (TPSA) is 110 Å². The maximum atomic E-state index is 12.4. The van der Waals surface area contributed by atoms with Gasteiger partial charge in [0.2, 0.25) is 0 Å². The van der Waals surface area contributed by atoms with Gasteiger partial charge in [-0.15, -0.1) is 5.10 Å². The third-order valence-electron chi connectivity index (χ3n) is 4.53. The SMILES string of the molecule is O=C(Nc1cnccn1)[C@@H]1C[C@@H]2CCN(C(=O)c3csnn3)C[C@H]2O1. The van der Waals surface area contributed by atoms with Gasteiger partial charge in [-0.25, -0.2) is 4.98 Å². The Hall–Kier alpha value is -2.46. The monoisotopic (exact) mass is 360 g/mol. The van der Waals surface area contributed by atoms with Crippen LogP contribution in [-0.2, 0) is 9.53 Å². The van der Waals surface area contributed by atoms with E-state index in [1.54, 1.807) is 16.5 Å². The smallest absolute Gasteiger partial charge is 0.275 e. The minimum Gasteiger partial charge on any atom is -0.363 e. The van der Waals surface area contributed by atoms with Crippen molar-refractivity contribution < 1.29 is 14.3 Å². The third kappa shape index (κ3) is 3.35. The van der Waals surface area contributed by atoms with Crippen LogP contribution in [0.2, 0.25) is 0 Å². The van der Waals surface area contributed by atoms with Crippen molar-refractivity contribution in [2.75, 3.05) is 18.4 Å². The molecule has 2 fully saturated rings. The van der Waals surface area contributed by atoms with Crippen LogP contribution in [0.3, 0.4) is 0 Å². The van der Waals surface area contributed by atoms with Gasteiger partial charge in [0.25, 0.3) is 11.8 Å². The first kappa shape index (κ1) is 16.0. The molecule has 25 heavy (non-hydrogen) atoms. The molecule has 1 N–H and O–H groups in total. The lowest BCUT2D eigenvalue weighted by Gasteiger charge is -2.33. The van der Waals surface area contributed by atoms with Crippen molar-refractivity contribution in [2.45, 2.75) is 25.0 Å². The number of fused-ring (bicyclic) bond motifs is 1. The highest BCUT2D eigenvalue weighted by Crippen LogP contribution is 2.34. The summed E-state index contributed by atoms with van der Waals surface area (Å²) in [6.07, 6.45) is 5.33. The summed E-state index contributed by atoms with van der Waals surface area (Å²) in [7, 11) is 0. The lowest BCUT2D eigenvalue weighted by molar-refractivity contribution is -0.127. The molecule has 130 valence electrons. The van der Waals surface area contributed by atoms with Crippen LogP contribution in [0.15, 0.2) is 24.0 Å². The zero-order valence-corrected chi connectivity index (χ0v) is 14.1. The number of nitrogens with zero attached hydrogens (tertiary/aromatic N) is 5. The number of hydrogen-bond acceptors (Lipinski definition) is 8. The van der Waals surface area contributed by atoms with Crippen LogP contribution in [0.1, 0.15) is 23.3 Å². The largest absolute Gasteiger partial charge is 0.363 e. The third-order valence-corrected chi connectivity index (χ3v) is 5.03. The Morgan fingerprint density at radius 1 is 1.36 bits per heavy atom. The van der Waals surface area contributed by atoms with E-state index >= 15 is 0 Å². The molecule has 2 aromatic heterocycles. The molecule has 10 heteroatoms. The number of hydrogen-bond donors (Lipinski definition) is 1. The van der Waals surface area contributed by atoms with Gasteiger partial charge in [0.1, 0.15) is 6.10 Å². The molecule has 3 atom stereocenters. The normalized spacial score (nSPS) is 25.4. The number of ether oxygens (including phenoxy) is 1. The fourth-order valence-corrected chi connectivity index (χ4v) is 3.70. The van der Waals surface area contributed by atoms with Crippen molar-refractivity contribution in [3.05, 3.63) is 29.7 Å². The predicted molar refractivity (Wildman–Crippen MR) is 87.9 cm³/mol. The van der Waals surface area contributed by atoms with Crippen molar-refractivity contribution >= 4 is 29.2 Å². The minimum atomic E-state index is -0.534. The number of carbonyl (C=O) groups excluding carboxylic acids is 2. The van der Waals surface area contributed by atoms with E-state index in [9.17, 15) is 9.59 Å². The van der Waals surface area contributed by atoms with Gasteiger partial charge >= 0.3 is 0 Å². The van der Waals surface area contributed by atoms with E-state index in [4.69, 9.17) is 4.74 Å². The molecule has 0 aromatic carbocycles. The summed E-state index contributed by atoms with van der Waals surface area (Å²) in [5, 5.41) is 8.18. The minimum absolute atomic E-state index is 0.136. The average Bonchev–Trinajstić information content (AvgIpc) is 3.31. The van der Waals surface area contributed by atoms with Gasteiger partial charge < -0.3 is 15.0 Å². The van der Waals surface area contributed by atoms with E-state index in [0.29, 0.717) is 31.0 Å². The molecule has 9 nitrogen and oxygen atoms in total. The Bertz CT molecular complexity index is 756. The molecule has 0 spiro atoms. The van der Waals surface area contributed by atoms with Gasteiger partial charge in [0.15, 0.2) is 11.5 Å². The van der Waals surface area contributed by atoms with Crippen LogP contribution in [-0.4, -0.2) is 61.6 Å². The van der Waals surface area contributed by atoms with Crippen molar-refractivity contribution in [3.63, 3.8) is 0 Å². The molecular weight excluding hydrogens is 344 g/mol. The number of piperidine rings is 1. The summed E-state index contributed by atoms with van der Waals surface area (Å²) < 4.78 is 9.64. The summed E-state index contributed by atoms with van der Waals surface area (Å²) in [6.45, 7) is 1.11. The number of anilines is 1. The summed E-state index contributed by atoms with van der Waals surface area (Å²) in [4.78, 5) is 34.4. The standard InChI is InChI=1S/C15H16N6O3S/c22-14(18-13-6-16-2-3-17-13)11-5-9-1-4-21(7-12(9)24-11)15(23)10-8-25-20-19-10/h2-3,6,8-9,11-12H,1,4-5,7H2,(H,17,18,22)/t9-,11-,12+/m0/s1. The van der Waals surface area contributed by atoms with Crippen molar-refractivity contribution in [3.8, 4) is 0 Å². The van der Waals surface area contributed by atoms with E-state index < -0.39 is 6.10 Å². The summed E-state index contributed by atoms with van der Waals surface area (Å²) in [5.74, 6) is 0.314. The Labute approximate surface area is 147 Å². The second-order valence-corrected chi connectivity index (χ2v) is 6.68. The van der Waals surface area contributed by atoms with Gasteiger partial charge in [-0.05, 0) is 30.3 Å². The van der Waals surface area contributed by atoms with Gasteiger partial charge in [-0.2, -0.15) is 0 Å². The number of nitrogens with one attached hydrogen (secondary N) is 1. The van der Waals surface area contributed by atoms with E-state index in [2.05, 4.69) is 24.9 Å². The van der Waals surface area contributed by atoms with Crippen LogP contribution in [0.25, 0.3) is 0 Å². The van der Waals surface area contributed by atoms with Gasteiger partial charge in [0, 0.05) is 30.9 Å². The highest BCUT2D eigenvalue weighted by Gasteiger charge is 2.43. The Balaban J connectivity index is 1.37. The molecule has 2 aliphatic rings. The van der Waals surface area contributed by atoms with E-state index in [0.717, 1.165) is 18.0 Å². The first-order valence-electron chi connectivity index (χ1n) is 7.99. The molecule has 4 heterocycles. The Kier molecular flexibility index (Phi) is 4.36. The van der Waals surface area contributed by atoms with Crippen molar-refractivity contribution in [2.24, 2.45) is 5.92 Å². The fraction of sp³-hybridized carbons (Fsp3) is 0.467. The van der Waals surface area contributed by atoms with Crippen molar-refractivity contribution in [1.29, 1.82) is 0 Å². The molecule has 2 aliphatic heterocycles. The van der Waals surface area contributed by atoms with E-state index in [1.165, 1.54) is 12.4 Å². The van der Waals surface area contributed by atoms with Gasteiger partial charge in [-0.1, -0.05) is 4.49 Å². The molecule has 0 radical (unpaired) electrons. The van der Waals surface area contributed by atoms with Crippen LogP contribution < -0.4 is 5.32 Å². The molecule has 0 bridgehead atoms. The number of aromatic nitrogens is 4. The summed E-state index contributed by atoms with van der Waals surface area (Å²) >= 11 is 1.15. The highest BCUT2D eigenvalue weighted by molar-refractivity contribution is 7.03. The van der Waals surface area contributed by atoms with Crippen LogP contribution in [0, 0.1) is 5.92 Å². The summed E-state index contributed by atoms with van der Waals surface area (Å²) in [5.41, 5.74) is 0.360. The zero-order chi connectivity index (χ0) is 17.2. The second kappa shape index (κ2) is 6.81. The van der Waals surface area contributed by atoms with Crippen molar-refractivity contribution in [1.82, 2.24) is 24.5 Å². The first-order chi connectivity index (χ1) is 12.2. The maximum absolute atomic E-state index is 12.4. The lowest BCUT2D eigenvalue weighted by atomic mass is 9.91. The lowest BCUT2D eigenvalue weighted by Crippen LogP contribution is -2.45. The van der Waals surface area contributed by atoms with E-state index in [-0.39, 0.29) is 23.8 Å². The van der Waals surface area contributed by atoms with Gasteiger partial charge in [0.05, 0.1) is 12.3 Å². The Morgan fingerprint density at radius 3 is 3.04 bits per heavy atom. The quantitative estimate of drug-likeness (QED) is 0.853. The second-order valence-electron chi connectivity index (χ2n) is 6.07. The highest BCUT2D eigenvalue weighted by atomic mass is 32.1. The summed E-state index contributed by atoms with van der Waals surface area (Å²) in [6, 6.07) is 0. The number of rotatable bonds is 3. The predicted octanol–water partition coefficient (Wildman–Crippen LogP) is 0.586. The number of carbonyl (C=O) groups is 2. The maximum Gasteiger partial charge on any atom is 0.275 e. The van der Waals surface area contributed by atoms with Crippen LogP contribution in [0.4, 0.5) is 5.82 Å². The van der Waals surface area contributed by atoms with Crippen LogP contribution in [0.5, 0.6) is 0 Å². The Morgan fingerprint density at radius 2 is 2.28 bits per heavy atom. The number of amides is 2. The molecule has 4 rings (SSSR count). The molecule has 2 aromatic rings. The molecule has 2 amide bonds. The first-order valence-corrected chi connectivity index (χ1v) is 8.83. The molecule has 2 saturated heterocycles. The van der Waals surface area contributed by atoms with Crippen LogP contribution >= 0.6 is 11.5 Å². The molecule has 0 aliphatic carbocycles. The number of likely N-dealkylation sites (tertiary alicyclic amines) is 1.